The highest BCUT2D eigenvalue weighted by atomic mass is 79.9. The molecular weight excluding hydrogens is 264 g/mol. The molecule has 1 rings (SSSR count). The van der Waals surface area contributed by atoms with Gasteiger partial charge in [0.2, 0.25) is 0 Å². The van der Waals surface area contributed by atoms with Gasteiger partial charge in [0, 0.05) is 17.6 Å². The molecule has 0 heterocycles. The summed E-state index contributed by atoms with van der Waals surface area (Å²) in [7, 11) is 0. The van der Waals surface area contributed by atoms with E-state index in [1.54, 1.807) is 0 Å². The second kappa shape index (κ2) is 6.67. The molecule has 0 fully saturated rings. The predicted octanol–water partition coefficient (Wildman–Crippen LogP) is 3.33. The summed E-state index contributed by atoms with van der Waals surface area (Å²) in [6.07, 6.45) is 0. The molecule has 0 spiro atoms. The first-order valence-corrected chi connectivity index (χ1v) is 6.27. The van der Waals surface area contributed by atoms with E-state index in [9.17, 15) is 0 Å². The number of nitrogens with zero attached hydrogens (tertiary/aromatic N) is 1. The molecule has 0 saturated carbocycles. The van der Waals surface area contributed by atoms with Gasteiger partial charge in [-0.2, -0.15) is 5.26 Å². The number of halogens is 1. The van der Waals surface area contributed by atoms with Gasteiger partial charge in [-0.05, 0) is 23.6 Å². The van der Waals surface area contributed by atoms with Crippen molar-refractivity contribution in [1.29, 1.82) is 5.26 Å². The van der Waals surface area contributed by atoms with E-state index in [4.69, 9.17) is 5.26 Å². The van der Waals surface area contributed by atoms with Crippen molar-refractivity contribution in [3.8, 4) is 6.07 Å². The van der Waals surface area contributed by atoms with E-state index < -0.39 is 0 Å². The standard InChI is InChI=1S/C13H17BrN2/c1-10(2)12(7-15)9-16-8-11-4-3-5-13(14)6-11/h3-6,10,12,16H,8-9H2,1-2H3. The number of benzene rings is 1. The Hall–Kier alpha value is -0.850. The third-order valence-electron chi connectivity index (χ3n) is 2.55. The van der Waals surface area contributed by atoms with Gasteiger partial charge >= 0.3 is 0 Å². The Balaban J connectivity index is 2.39. The number of hydrogen-bond acceptors (Lipinski definition) is 2. The summed E-state index contributed by atoms with van der Waals surface area (Å²) in [5.41, 5.74) is 1.23. The van der Waals surface area contributed by atoms with Crippen LogP contribution in [0.25, 0.3) is 0 Å². The fourth-order valence-corrected chi connectivity index (χ4v) is 1.90. The molecule has 0 bridgehead atoms. The highest BCUT2D eigenvalue weighted by Crippen LogP contribution is 2.12. The molecule has 0 aliphatic heterocycles. The maximum atomic E-state index is 8.94. The van der Waals surface area contributed by atoms with Crippen LogP contribution in [0, 0.1) is 23.2 Å². The summed E-state index contributed by atoms with van der Waals surface area (Å²) in [5, 5.41) is 12.3. The maximum absolute atomic E-state index is 8.94. The fourth-order valence-electron chi connectivity index (χ4n) is 1.45. The van der Waals surface area contributed by atoms with Crippen LogP contribution >= 0.6 is 15.9 Å². The average molecular weight is 281 g/mol. The minimum absolute atomic E-state index is 0.0900. The molecule has 0 aliphatic carbocycles. The van der Waals surface area contributed by atoms with Crippen molar-refractivity contribution >= 4 is 15.9 Å². The molecule has 86 valence electrons. The lowest BCUT2D eigenvalue weighted by Gasteiger charge is -2.13. The fraction of sp³-hybridized carbons (Fsp3) is 0.462. The van der Waals surface area contributed by atoms with Gasteiger partial charge in [0.1, 0.15) is 0 Å². The van der Waals surface area contributed by atoms with E-state index in [1.807, 2.05) is 12.1 Å². The second-order valence-corrected chi connectivity index (χ2v) is 5.16. The van der Waals surface area contributed by atoms with Crippen molar-refractivity contribution in [2.75, 3.05) is 6.54 Å². The Kier molecular flexibility index (Phi) is 5.51. The van der Waals surface area contributed by atoms with Crippen molar-refractivity contribution in [1.82, 2.24) is 5.32 Å². The first-order valence-electron chi connectivity index (χ1n) is 5.48. The first-order chi connectivity index (χ1) is 7.63. The highest BCUT2D eigenvalue weighted by molar-refractivity contribution is 9.10. The summed E-state index contributed by atoms with van der Waals surface area (Å²) in [4.78, 5) is 0. The molecule has 0 saturated heterocycles. The van der Waals surface area contributed by atoms with Gasteiger partial charge in [-0.3, -0.25) is 0 Å². The van der Waals surface area contributed by atoms with Gasteiger partial charge in [0.15, 0.2) is 0 Å². The third-order valence-corrected chi connectivity index (χ3v) is 3.05. The zero-order valence-electron chi connectivity index (χ0n) is 9.70. The van der Waals surface area contributed by atoms with E-state index in [1.165, 1.54) is 5.56 Å². The lowest BCUT2D eigenvalue weighted by molar-refractivity contribution is 0.442. The number of nitrogens with one attached hydrogen (secondary N) is 1. The van der Waals surface area contributed by atoms with Gasteiger partial charge in [-0.15, -0.1) is 0 Å². The van der Waals surface area contributed by atoms with Crippen LogP contribution in [0.4, 0.5) is 0 Å². The van der Waals surface area contributed by atoms with E-state index in [0.717, 1.165) is 17.6 Å². The lowest BCUT2D eigenvalue weighted by atomic mass is 9.97. The molecule has 0 amide bonds. The van der Waals surface area contributed by atoms with Crippen molar-refractivity contribution in [3.05, 3.63) is 34.3 Å². The van der Waals surface area contributed by atoms with Crippen LogP contribution in [0.3, 0.4) is 0 Å². The third kappa shape index (κ3) is 4.34. The molecular formula is C13H17BrN2. The van der Waals surface area contributed by atoms with Crippen LogP contribution in [-0.2, 0) is 6.54 Å². The lowest BCUT2D eigenvalue weighted by Crippen LogP contribution is -2.24. The molecule has 3 heteroatoms. The highest BCUT2D eigenvalue weighted by Gasteiger charge is 2.11. The monoisotopic (exact) mass is 280 g/mol. The first kappa shape index (κ1) is 13.2. The summed E-state index contributed by atoms with van der Waals surface area (Å²) < 4.78 is 1.09. The molecule has 1 N–H and O–H groups in total. The Morgan fingerprint density at radius 1 is 1.44 bits per heavy atom. The van der Waals surface area contributed by atoms with Crippen LogP contribution in [0.15, 0.2) is 28.7 Å². The molecule has 1 aromatic carbocycles. The smallest absolute Gasteiger partial charge is 0.0671 e. The van der Waals surface area contributed by atoms with E-state index >= 15 is 0 Å². The van der Waals surface area contributed by atoms with Crippen LogP contribution in [0.1, 0.15) is 19.4 Å². The van der Waals surface area contributed by atoms with Crippen molar-refractivity contribution in [2.24, 2.45) is 11.8 Å². The van der Waals surface area contributed by atoms with Crippen LogP contribution < -0.4 is 5.32 Å². The average Bonchev–Trinajstić information content (AvgIpc) is 2.24. The summed E-state index contributed by atoms with van der Waals surface area (Å²) in [5.74, 6) is 0.493. The Morgan fingerprint density at radius 2 is 2.19 bits per heavy atom. The predicted molar refractivity (Wildman–Crippen MR) is 69.8 cm³/mol. The quantitative estimate of drug-likeness (QED) is 0.898. The summed E-state index contributed by atoms with van der Waals surface area (Å²) >= 11 is 3.44. The van der Waals surface area contributed by atoms with Gasteiger partial charge in [-0.25, -0.2) is 0 Å². The maximum Gasteiger partial charge on any atom is 0.0671 e. The molecule has 0 aromatic heterocycles. The van der Waals surface area contributed by atoms with Gasteiger partial charge in [0.05, 0.1) is 12.0 Å². The van der Waals surface area contributed by atoms with Crippen molar-refractivity contribution < 1.29 is 0 Å². The number of hydrogen-bond donors (Lipinski definition) is 1. The SMILES string of the molecule is CC(C)C(C#N)CNCc1cccc(Br)c1. The van der Waals surface area contributed by atoms with Crippen molar-refractivity contribution in [2.45, 2.75) is 20.4 Å². The molecule has 0 aliphatic rings. The molecule has 1 atom stereocenters. The summed E-state index contributed by atoms with van der Waals surface area (Å²) in [6.45, 7) is 5.72. The zero-order valence-corrected chi connectivity index (χ0v) is 11.3. The topological polar surface area (TPSA) is 35.8 Å². The van der Waals surface area contributed by atoms with Gasteiger partial charge in [0.25, 0.3) is 0 Å². The van der Waals surface area contributed by atoms with Crippen LogP contribution in [0.2, 0.25) is 0 Å². The van der Waals surface area contributed by atoms with Gasteiger partial charge < -0.3 is 5.32 Å². The van der Waals surface area contributed by atoms with E-state index in [0.29, 0.717) is 5.92 Å². The minimum Gasteiger partial charge on any atom is -0.311 e. The molecule has 1 unspecified atom stereocenters. The van der Waals surface area contributed by atoms with Crippen molar-refractivity contribution in [3.63, 3.8) is 0 Å². The molecule has 0 radical (unpaired) electrons. The molecule has 2 nitrogen and oxygen atoms in total. The number of nitriles is 1. The minimum atomic E-state index is 0.0900. The number of rotatable bonds is 5. The van der Waals surface area contributed by atoms with Gasteiger partial charge in [-0.1, -0.05) is 41.9 Å². The van der Waals surface area contributed by atoms with Crippen LogP contribution in [0.5, 0.6) is 0 Å². The molecule has 1 aromatic rings. The Labute approximate surface area is 106 Å². The van der Waals surface area contributed by atoms with E-state index in [-0.39, 0.29) is 5.92 Å². The molecule has 16 heavy (non-hydrogen) atoms. The van der Waals surface area contributed by atoms with Crippen LogP contribution in [-0.4, -0.2) is 6.54 Å². The largest absolute Gasteiger partial charge is 0.311 e. The van der Waals surface area contributed by atoms with E-state index in [2.05, 4.69) is 53.3 Å². The Bertz CT molecular complexity index is 368. The second-order valence-electron chi connectivity index (χ2n) is 4.24. The zero-order chi connectivity index (χ0) is 12.0. The summed E-state index contributed by atoms with van der Waals surface area (Å²) in [6, 6.07) is 10.5. The Morgan fingerprint density at radius 3 is 2.75 bits per heavy atom. The normalized spacial score (nSPS) is 12.4.